The summed E-state index contributed by atoms with van der Waals surface area (Å²) >= 11 is 0. The van der Waals surface area contributed by atoms with Crippen LogP contribution in [0.25, 0.3) is 5.52 Å². The Bertz CT molecular complexity index is 819. The van der Waals surface area contributed by atoms with Crippen LogP contribution in [0.15, 0.2) is 36.8 Å². The molecule has 0 fully saturated rings. The summed E-state index contributed by atoms with van der Waals surface area (Å²) in [5.74, 6) is 1.42. The molecule has 0 aliphatic heterocycles. The van der Waals surface area contributed by atoms with E-state index in [1.54, 1.807) is 19.5 Å². The molecule has 6 heteroatoms. The molecule has 0 spiro atoms. The van der Waals surface area contributed by atoms with Gasteiger partial charge in [0, 0.05) is 36.6 Å². The van der Waals surface area contributed by atoms with E-state index in [0.29, 0.717) is 12.4 Å². The smallest absolute Gasteiger partial charge is 0.213 e. The van der Waals surface area contributed by atoms with Crippen molar-refractivity contribution < 1.29 is 4.74 Å². The van der Waals surface area contributed by atoms with Crippen molar-refractivity contribution in [2.24, 2.45) is 0 Å². The molecule has 6 nitrogen and oxygen atoms in total. The van der Waals surface area contributed by atoms with Gasteiger partial charge in [0.1, 0.15) is 5.52 Å². The molecule has 0 radical (unpaired) electrons. The number of anilines is 1. The number of ether oxygens (including phenoxy) is 1. The second-order valence-electron chi connectivity index (χ2n) is 6.45. The number of nitrogens with one attached hydrogen (secondary N) is 1. The summed E-state index contributed by atoms with van der Waals surface area (Å²) in [5.41, 5.74) is 3.09. The second kappa shape index (κ2) is 5.87. The van der Waals surface area contributed by atoms with Crippen molar-refractivity contribution in [2.45, 2.75) is 32.7 Å². The van der Waals surface area contributed by atoms with Gasteiger partial charge in [0.2, 0.25) is 5.88 Å². The van der Waals surface area contributed by atoms with Gasteiger partial charge in [-0.2, -0.15) is 5.10 Å². The molecule has 0 aliphatic carbocycles. The van der Waals surface area contributed by atoms with Crippen LogP contribution in [0.2, 0.25) is 0 Å². The molecular formula is C17H21N5O. The lowest BCUT2D eigenvalue weighted by atomic mass is 9.92. The predicted molar refractivity (Wildman–Crippen MR) is 89.8 cm³/mol. The zero-order valence-corrected chi connectivity index (χ0v) is 13.9. The molecule has 3 heterocycles. The van der Waals surface area contributed by atoms with Crippen LogP contribution in [0, 0.1) is 0 Å². The first-order valence-electron chi connectivity index (χ1n) is 7.55. The molecule has 0 amide bonds. The van der Waals surface area contributed by atoms with Crippen LogP contribution in [-0.2, 0) is 12.0 Å². The first kappa shape index (κ1) is 15.3. The summed E-state index contributed by atoms with van der Waals surface area (Å²) in [6.45, 7) is 7.09. The Morgan fingerprint density at radius 2 is 2.00 bits per heavy atom. The monoisotopic (exact) mass is 311 g/mol. The lowest BCUT2D eigenvalue weighted by Gasteiger charge is -2.13. The Balaban J connectivity index is 1.86. The minimum absolute atomic E-state index is 0.00174. The quantitative estimate of drug-likeness (QED) is 0.802. The Kier molecular flexibility index (Phi) is 3.90. The number of pyridine rings is 1. The van der Waals surface area contributed by atoms with E-state index < -0.39 is 0 Å². The summed E-state index contributed by atoms with van der Waals surface area (Å²) in [5, 5.41) is 8.00. The fraction of sp³-hybridized carbons (Fsp3) is 0.353. The fourth-order valence-corrected chi connectivity index (χ4v) is 2.28. The van der Waals surface area contributed by atoms with Crippen molar-refractivity contribution in [1.82, 2.24) is 19.6 Å². The van der Waals surface area contributed by atoms with Gasteiger partial charge in [-0.3, -0.25) is 0 Å². The summed E-state index contributed by atoms with van der Waals surface area (Å²) in [4.78, 5) is 8.55. The number of nitrogens with zero attached hydrogens (tertiary/aromatic N) is 4. The highest BCUT2D eigenvalue weighted by Gasteiger charge is 2.19. The van der Waals surface area contributed by atoms with Gasteiger partial charge >= 0.3 is 0 Å². The van der Waals surface area contributed by atoms with E-state index in [1.165, 1.54) is 0 Å². The van der Waals surface area contributed by atoms with E-state index >= 15 is 0 Å². The van der Waals surface area contributed by atoms with E-state index in [9.17, 15) is 0 Å². The van der Waals surface area contributed by atoms with Crippen LogP contribution >= 0.6 is 0 Å². The lowest BCUT2D eigenvalue weighted by Crippen LogP contribution is -2.11. The third-order valence-electron chi connectivity index (χ3n) is 3.63. The Hall–Kier alpha value is -2.63. The predicted octanol–water partition coefficient (Wildman–Crippen LogP) is 3.04. The number of rotatable bonds is 4. The number of fused-ring (bicyclic) bond motifs is 1. The van der Waals surface area contributed by atoms with Crippen LogP contribution in [0.1, 0.15) is 32.0 Å². The summed E-state index contributed by atoms with van der Waals surface area (Å²) in [7, 11) is 1.61. The van der Waals surface area contributed by atoms with E-state index in [4.69, 9.17) is 4.74 Å². The van der Waals surface area contributed by atoms with Gasteiger partial charge in [0.15, 0.2) is 5.82 Å². The Morgan fingerprint density at radius 3 is 2.74 bits per heavy atom. The van der Waals surface area contributed by atoms with Gasteiger partial charge in [0.25, 0.3) is 0 Å². The molecule has 0 bridgehead atoms. The molecular weight excluding hydrogens is 290 g/mol. The first-order chi connectivity index (χ1) is 11.0. The van der Waals surface area contributed by atoms with Gasteiger partial charge in [-0.25, -0.2) is 14.5 Å². The highest BCUT2D eigenvalue weighted by atomic mass is 16.5. The van der Waals surface area contributed by atoms with Crippen molar-refractivity contribution in [2.75, 3.05) is 12.4 Å². The molecule has 3 aromatic rings. The average Bonchev–Trinajstić information content (AvgIpc) is 2.98. The van der Waals surface area contributed by atoms with Gasteiger partial charge in [-0.15, -0.1) is 0 Å². The molecule has 0 saturated heterocycles. The zero-order valence-electron chi connectivity index (χ0n) is 13.9. The van der Waals surface area contributed by atoms with Crippen LogP contribution in [0.3, 0.4) is 0 Å². The van der Waals surface area contributed by atoms with E-state index in [-0.39, 0.29) is 5.41 Å². The van der Waals surface area contributed by atoms with Crippen molar-refractivity contribution in [1.29, 1.82) is 0 Å². The van der Waals surface area contributed by atoms with Gasteiger partial charge in [0.05, 0.1) is 12.8 Å². The highest BCUT2D eigenvalue weighted by Crippen LogP contribution is 2.24. The van der Waals surface area contributed by atoms with Gasteiger partial charge in [-0.1, -0.05) is 20.8 Å². The third kappa shape index (κ3) is 3.26. The topological polar surface area (TPSA) is 64.3 Å². The number of aromatic nitrogens is 4. The number of hydrogen-bond acceptors (Lipinski definition) is 5. The van der Waals surface area contributed by atoms with Crippen molar-refractivity contribution in [3.63, 3.8) is 0 Å². The lowest BCUT2D eigenvalue weighted by molar-refractivity contribution is 0.397. The maximum atomic E-state index is 5.15. The van der Waals surface area contributed by atoms with Crippen molar-refractivity contribution in [3.05, 3.63) is 48.0 Å². The van der Waals surface area contributed by atoms with E-state index in [1.807, 2.05) is 22.8 Å². The molecule has 120 valence electrons. The van der Waals surface area contributed by atoms with Crippen molar-refractivity contribution >= 4 is 11.3 Å². The van der Waals surface area contributed by atoms with Crippen LogP contribution in [-0.4, -0.2) is 26.7 Å². The summed E-state index contributed by atoms with van der Waals surface area (Å²) < 4.78 is 7.01. The largest absolute Gasteiger partial charge is 0.481 e. The maximum Gasteiger partial charge on any atom is 0.213 e. The van der Waals surface area contributed by atoms with Crippen LogP contribution < -0.4 is 10.1 Å². The van der Waals surface area contributed by atoms with Crippen molar-refractivity contribution in [3.8, 4) is 5.88 Å². The molecule has 0 aliphatic rings. The molecule has 3 rings (SSSR count). The third-order valence-corrected chi connectivity index (χ3v) is 3.63. The van der Waals surface area contributed by atoms with Gasteiger partial charge < -0.3 is 10.1 Å². The normalized spacial score (nSPS) is 11.7. The molecule has 23 heavy (non-hydrogen) atoms. The Morgan fingerprint density at radius 1 is 1.17 bits per heavy atom. The van der Waals surface area contributed by atoms with E-state index in [0.717, 1.165) is 22.6 Å². The molecule has 0 unspecified atom stereocenters. The number of hydrogen-bond donors (Lipinski definition) is 1. The van der Waals surface area contributed by atoms with Crippen LogP contribution in [0.4, 0.5) is 5.82 Å². The molecule has 1 N–H and O–H groups in total. The second-order valence-corrected chi connectivity index (χ2v) is 6.45. The first-order valence-corrected chi connectivity index (χ1v) is 7.55. The molecule has 0 atom stereocenters. The summed E-state index contributed by atoms with van der Waals surface area (Å²) in [6, 6.07) is 5.94. The highest BCUT2D eigenvalue weighted by molar-refractivity contribution is 5.68. The minimum Gasteiger partial charge on any atom is -0.481 e. The standard InChI is InChI=1S/C17H21N5O/c1-17(2,3)14-10-13-16(19-7-8-22(13)21-14)20-11-12-5-6-18-15(9-12)23-4/h5-10H,11H2,1-4H3,(H,19,20). The Labute approximate surface area is 135 Å². The van der Waals surface area contributed by atoms with E-state index in [2.05, 4.69) is 47.2 Å². The number of methoxy groups -OCH3 is 1. The maximum absolute atomic E-state index is 5.15. The zero-order chi connectivity index (χ0) is 16.4. The summed E-state index contributed by atoms with van der Waals surface area (Å²) in [6.07, 6.45) is 5.35. The molecule has 3 aromatic heterocycles. The SMILES string of the molecule is COc1cc(CNc2nccn3nc(C(C)(C)C)cc23)ccn1. The average molecular weight is 311 g/mol. The van der Waals surface area contributed by atoms with Crippen LogP contribution in [0.5, 0.6) is 5.88 Å². The minimum atomic E-state index is 0.00174. The van der Waals surface area contributed by atoms with Gasteiger partial charge in [-0.05, 0) is 17.7 Å². The fourth-order valence-electron chi connectivity index (χ4n) is 2.28. The molecule has 0 aromatic carbocycles. The molecule has 0 saturated carbocycles.